The fourth-order valence-electron chi connectivity index (χ4n) is 1.68. The lowest BCUT2D eigenvalue weighted by molar-refractivity contribution is 0.907. The van der Waals surface area contributed by atoms with Gasteiger partial charge in [-0.05, 0) is 18.2 Å². The third-order valence-corrected chi connectivity index (χ3v) is 2.40. The fourth-order valence-corrected chi connectivity index (χ4v) is 1.68. The highest BCUT2D eigenvalue weighted by atomic mass is 15.3. The molecule has 0 amide bonds. The number of hydrogen-bond acceptors (Lipinski definition) is 1. The Hall–Kier alpha value is -2.09. The molecule has 3 aromatic rings. The van der Waals surface area contributed by atoms with Crippen molar-refractivity contribution >= 4 is 10.9 Å². The molecular weight excluding hydrogens is 184 g/mol. The van der Waals surface area contributed by atoms with Gasteiger partial charge in [0, 0.05) is 5.39 Å². The Kier molecular flexibility index (Phi) is 1.78. The molecule has 0 aliphatic heterocycles. The summed E-state index contributed by atoms with van der Waals surface area (Å²) in [6, 6.07) is 18.2. The maximum atomic E-state index is 4.26. The lowest BCUT2D eigenvalue weighted by Gasteiger charge is -2.01. The van der Waals surface area contributed by atoms with Crippen LogP contribution in [-0.4, -0.2) is 9.78 Å². The predicted molar refractivity (Wildman–Crippen MR) is 59.9 cm³/mol. The van der Waals surface area contributed by atoms with E-state index in [0.29, 0.717) is 0 Å². The van der Waals surface area contributed by atoms with Crippen LogP contribution in [0.5, 0.6) is 0 Å². The number of para-hydroxylation sites is 2. The first-order valence-electron chi connectivity index (χ1n) is 4.86. The summed E-state index contributed by atoms with van der Waals surface area (Å²) in [4.78, 5) is 0. The summed E-state index contributed by atoms with van der Waals surface area (Å²) in [7, 11) is 0. The Balaban J connectivity index is 2.28. The van der Waals surface area contributed by atoms with E-state index < -0.39 is 0 Å². The molecule has 0 saturated carbocycles. The standard InChI is InChI=1S/C13H9N2/c1-2-7-12(8-3-1)15-13-9-5-4-6-11(13)10-14-15/h1-9H. The monoisotopic (exact) mass is 193 g/mol. The first kappa shape index (κ1) is 8.24. The third kappa shape index (κ3) is 1.31. The number of hydrogen-bond donors (Lipinski definition) is 0. The highest BCUT2D eigenvalue weighted by Gasteiger charge is 2.02. The molecule has 0 fully saturated rings. The van der Waals surface area contributed by atoms with Gasteiger partial charge in [0.25, 0.3) is 0 Å². The van der Waals surface area contributed by atoms with Gasteiger partial charge in [0.15, 0.2) is 0 Å². The third-order valence-electron chi connectivity index (χ3n) is 2.40. The molecule has 15 heavy (non-hydrogen) atoms. The molecule has 2 heteroatoms. The van der Waals surface area contributed by atoms with Gasteiger partial charge in [0.2, 0.25) is 0 Å². The van der Waals surface area contributed by atoms with Crippen LogP contribution < -0.4 is 0 Å². The summed E-state index contributed by atoms with van der Waals surface area (Å²) in [5, 5.41) is 5.30. The summed E-state index contributed by atoms with van der Waals surface area (Å²) in [6.07, 6.45) is 3.00. The molecule has 0 saturated heterocycles. The van der Waals surface area contributed by atoms with E-state index in [2.05, 4.69) is 11.3 Å². The molecule has 0 aliphatic rings. The van der Waals surface area contributed by atoms with E-state index >= 15 is 0 Å². The molecule has 1 heterocycles. The van der Waals surface area contributed by atoms with Crippen molar-refractivity contribution in [2.24, 2.45) is 0 Å². The Morgan fingerprint density at radius 3 is 2.47 bits per heavy atom. The highest BCUT2D eigenvalue weighted by Crippen LogP contribution is 2.16. The quantitative estimate of drug-likeness (QED) is 0.581. The van der Waals surface area contributed by atoms with Crippen LogP contribution in [0.1, 0.15) is 0 Å². The SMILES string of the molecule is [c]1nn(-c2ccccc2)c2ccccc12. The molecule has 0 spiro atoms. The van der Waals surface area contributed by atoms with E-state index in [1.165, 1.54) is 0 Å². The smallest absolute Gasteiger partial charge is 0.122 e. The highest BCUT2D eigenvalue weighted by molar-refractivity contribution is 5.79. The summed E-state index contributed by atoms with van der Waals surface area (Å²) in [5.41, 5.74) is 2.15. The molecule has 0 N–H and O–H groups in total. The second-order valence-electron chi connectivity index (χ2n) is 3.38. The van der Waals surface area contributed by atoms with Gasteiger partial charge >= 0.3 is 0 Å². The molecule has 0 bridgehead atoms. The topological polar surface area (TPSA) is 17.8 Å². The van der Waals surface area contributed by atoms with E-state index in [1.807, 2.05) is 59.3 Å². The Morgan fingerprint density at radius 1 is 0.867 bits per heavy atom. The van der Waals surface area contributed by atoms with Crippen LogP contribution in [0.25, 0.3) is 16.6 Å². The van der Waals surface area contributed by atoms with E-state index in [0.717, 1.165) is 16.6 Å². The molecule has 71 valence electrons. The van der Waals surface area contributed by atoms with Gasteiger partial charge in [-0.2, -0.15) is 5.10 Å². The molecular formula is C13H9N2. The van der Waals surface area contributed by atoms with E-state index in [-0.39, 0.29) is 0 Å². The van der Waals surface area contributed by atoms with Crippen molar-refractivity contribution in [2.45, 2.75) is 0 Å². The second kappa shape index (κ2) is 3.24. The summed E-state index contributed by atoms with van der Waals surface area (Å²) >= 11 is 0. The zero-order valence-electron chi connectivity index (χ0n) is 8.09. The van der Waals surface area contributed by atoms with Crippen molar-refractivity contribution in [1.82, 2.24) is 9.78 Å². The van der Waals surface area contributed by atoms with Gasteiger partial charge in [0.1, 0.15) is 6.20 Å². The maximum Gasteiger partial charge on any atom is 0.122 e. The Morgan fingerprint density at radius 2 is 1.60 bits per heavy atom. The van der Waals surface area contributed by atoms with Crippen molar-refractivity contribution in [3.05, 3.63) is 60.8 Å². The Bertz CT molecular complexity index is 582. The van der Waals surface area contributed by atoms with Crippen LogP contribution >= 0.6 is 0 Å². The zero-order valence-corrected chi connectivity index (χ0v) is 8.09. The minimum Gasteiger partial charge on any atom is -0.232 e. The minimum atomic E-state index is 1.04. The molecule has 0 unspecified atom stereocenters. The van der Waals surface area contributed by atoms with Gasteiger partial charge in [-0.1, -0.05) is 36.4 Å². The average molecular weight is 193 g/mol. The molecule has 2 aromatic carbocycles. The van der Waals surface area contributed by atoms with E-state index in [9.17, 15) is 0 Å². The van der Waals surface area contributed by atoms with Gasteiger partial charge in [-0.3, -0.25) is 0 Å². The number of fused-ring (bicyclic) bond motifs is 1. The van der Waals surface area contributed by atoms with E-state index in [4.69, 9.17) is 0 Å². The van der Waals surface area contributed by atoms with Crippen molar-refractivity contribution in [1.29, 1.82) is 0 Å². The number of rotatable bonds is 1. The molecule has 2 nitrogen and oxygen atoms in total. The first-order valence-corrected chi connectivity index (χ1v) is 4.86. The molecule has 1 aromatic heterocycles. The summed E-state index contributed by atoms with van der Waals surface area (Å²) < 4.78 is 1.90. The number of aromatic nitrogens is 2. The van der Waals surface area contributed by atoms with Crippen molar-refractivity contribution in [3.8, 4) is 5.69 Å². The van der Waals surface area contributed by atoms with Crippen LogP contribution in [0.3, 0.4) is 0 Å². The van der Waals surface area contributed by atoms with Crippen LogP contribution in [0.15, 0.2) is 54.6 Å². The van der Waals surface area contributed by atoms with Gasteiger partial charge < -0.3 is 0 Å². The summed E-state index contributed by atoms with van der Waals surface area (Å²) in [5.74, 6) is 0. The van der Waals surface area contributed by atoms with Crippen molar-refractivity contribution < 1.29 is 0 Å². The molecule has 1 radical (unpaired) electrons. The molecule has 0 aliphatic carbocycles. The van der Waals surface area contributed by atoms with Gasteiger partial charge in [0.05, 0.1) is 11.2 Å². The lowest BCUT2D eigenvalue weighted by atomic mass is 10.2. The van der Waals surface area contributed by atoms with Gasteiger partial charge in [-0.15, -0.1) is 0 Å². The molecule has 0 atom stereocenters. The largest absolute Gasteiger partial charge is 0.232 e. The predicted octanol–water partition coefficient (Wildman–Crippen LogP) is 2.83. The average Bonchev–Trinajstić information content (AvgIpc) is 2.74. The second-order valence-corrected chi connectivity index (χ2v) is 3.38. The maximum absolute atomic E-state index is 4.26. The summed E-state index contributed by atoms with van der Waals surface area (Å²) in [6.45, 7) is 0. The number of nitrogens with zero attached hydrogens (tertiary/aromatic N) is 2. The van der Waals surface area contributed by atoms with Crippen LogP contribution in [-0.2, 0) is 0 Å². The number of benzene rings is 2. The van der Waals surface area contributed by atoms with Crippen molar-refractivity contribution in [2.75, 3.05) is 0 Å². The lowest BCUT2D eigenvalue weighted by Crippen LogP contribution is -1.94. The van der Waals surface area contributed by atoms with Gasteiger partial charge in [-0.25, -0.2) is 4.68 Å². The van der Waals surface area contributed by atoms with Crippen LogP contribution in [0.4, 0.5) is 0 Å². The van der Waals surface area contributed by atoms with Crippen LogP contribution in [0.2, 0.25) is 0 Å². The van der Waals surface area contributed by atoms with Crippen molar-refractivity contribution in [3.63, 3.8) is 0 Å². The Labute approximate surface area is 87.8 Å². The fraction of sp³-hybridized carbons (Fsp3) is 0. The minimum absolute atomic E-state index is 1.04. The first-order chi connectivity index (χ1) is 7.45. The molecule has 3 rings (SSSR count). The normalized spacial score (nSPS) is 10.7. The zero-order chi connectivity index (χ0) is 10.1. The van der Waals surface area contributed by atoms with Crippen LogP contribution in [0, 0.1) is 6.20 Å². The van der Waals surface area contributed by atoms with E-state index in [1.54, 1.807) is 0 Å².